The van der Waals surface area contributed by atoms with Crippen molar-refractivity contribution in [3.63, 3.8) is 0 Å². The molecule has 2 aromatic carbocycles. The molecule has 1 aliphatic carbocycles. The molecule has 1 N–H and O–H groups in total. The van der Waals surface area contributed by atoms with E-state index in [1.807, 2.05) is 37.5 Å². The monoisotopic (exact) mass is 578 g/mol. The lowest BCUT2D eigenvalue weighted by Crippen LogP contribution is -2.31. The van der Waals surface area contributed by atoms with Crippen LogP contribution in [0.1, 0.15) is 31.1 Å². The lowest BCUT2D eigenvalue weighted by atomic mass is 9.91. The summed E-state index contributed by atoms with van der Waals surface area (Å²) in [6.07, 6.45) is 8.20. The van der Waals surface area contributed by atoms with E-state index < -0.39 is 6.23 Å². The number of ether oxygens (including phenoxy) is 1. The van der Waals surface area contributed by atoms with Gasteiger partial charge < -0.3 is 19.7 Å². The molecule has 2 aliphatic rings. The number of allylic oxidation sites excluding steroid dienone is 1. The van der Waals surface area contributed by atoms with E-state index >= 15 is 0 Å². The summed E-state index contributed by atoms with van der Waals surface area (Å²) in [5.74, 6) is -0.433. The first-order valence-corrected chi connectivity index (χ1v) is 13.3. The fraction of sp³-hybridized carbons (Fsp3) is 0.276. The third-order valence-electron chi connectivity index (χ3n) is 6.93. The predicted molar refractivity (Wildman–Crippen MR) is 146 cm³/mol. The zero-order valence-corrected chi connectivity index (χ0v) is 22.5. The lowest BCUT2D eigenvalue weighted by molar-refractivity contribution is -0.128. The molecular formula is C29H28BrFN4O3. The zero-order chi connectivity index (χ0) is 26.6. The van der Waals surface area contributed by atoms with Gasteiger partial charge >= 0.3 is 0 Å². The molecule has 1 fully saturated rings. The van der Waals surface area contributed by atoms with Crippen LogP contribution in [-0.2, 0) is 14.3 Å². The Bertz CT molecular complexity index is 1380. The number of halogens is 2. The Labute approximate surface area is 229 Å². The molecule has 0 bridgehead atoms. The molecule has 2 unspecified atom stereocenters. The van der Waals surface area contributed by atoms with Gasteiger partial charge in [-0.05, 0) is 74.0 Å². The molecule has 1 amide bonds. The molecule has 38 heavy (non-hydrogen) atoms. The van der Waals surface area contributed by atoms with Crippen molar-refractivity contribution in [1.29, 1.82) is 0 Å². The lowest BCUT2D eigenvalue weighted by Gasteiger charge is -2.26. The molecule has 0 radical (unpaired) electrons. The third kappa shape index (κ3) is 5.55. The summed E-state index contributed by atoms with van der Waals surface area (Å²) in [5.41, 5.74) is 5.08. The number of nitrogens with one attached hydrogen (secondary N) is 1. The van der Waals surface area contributed by atoms with Crippen molar-refractivity contribution in [2.45, 2.75) is 31.5 Å². The van der Waals surface area contributed by atoms with E-state index in [4.69, 9.17) is 9.84 Å². The number of carbonyl (C=O) groups is 2. The van der Waals surface area contributed by atoms with E-state index in [2.05, 4.69) is 33.4 Å². The van der Waals surface area contributed by atoms with Crippen molar-refractivity contribution in [2.75, 3.05) is 20.2 Å². The Balaban J connectivity index is 1.44. The molecule has 3 aromatic rings. The van der Waals surface area contributed by atoms with Crippen molar-refractivity contribution in [2.24, 2.45) is 0 Å². The summed E-state index contributed by atoms with van der Waals surface area (Å²) in [6.45, 7) is 0.431. The molecule has 2 atom stereocenters. The molecule has 0 saturated carbocycles. The van der Waals surface area contributed by atoms with Gasteiger partial charge in [-0.15, -0.1) is 0 Å². The summed E-state index contributed by atoms with van der Waals surface area (Å²) in [5, 5.41) is 8.06. The second kappa shape index (κ2) is 11.6. The van der Waals surface area contributed by atoms with Crippen LogP contribution in [0, 0.1) is 5.82 Å². The maximum absolute atomic E-state index is 13.7. The minimum Gasteiger partial charge on any atom is -0.344 e. The second-order valence-electron chi connectivity index (χ2n) is 9.31. The topological polar surface area (TPSA) is 76.5 Å². The number of likely N-dealkylation sites (N-methyl/N-ethyl adjacent to an activating group) is 1. The number of nitrogens with zero attached hydrogens (tertiary/aromatic N) is 3. The van der Waals surface area contributed by atoms with Gasteiger partial charge in [-0.2, -0.15) is 5.10 Å². The smallest absolute Gasteiger partial charge is 0.250 e. The van der Waals surface area contributed by atoms with E-state index in [1.165, 1.54) is 12.1 Å². The van der Waals surface area contributed by atoms with Gasteiger partial charge in [-0.3, -0.25) is 4.79 Å². The summed E-state index contributed by atoms with van der Waals surface area (Å²) in [4.78, 5) is 25.8. The molecule has 1 aliphatic heterocycles. The highest BCUT2D eigenvalue weighted by molar-refractivity contribution is 9.10. The normalized spacial score (nSPS) is 19.4. The fourth-order valence-electron chi connectivity index (χ4n) is 4.92. The number of aldehydes is 1. The van der Waals surface area contributed by atoms with Gasteiger partial charge in [0, 0.05) is 40.8 Å². The van der Waals surface area contributed by atoms with Gasteiger partial charge in [0.2, 0.25) is 0 Å². The van der Waals surface area contributed by atoms with Crippen LogP contribution in [0.3, 0.4) is 0 Å². The van der Waals surface area contributed by atoms with Gasteiger partial charge in [0.15, 0.2) is 6.23 Å². The average molecular weight is 579 g/mol. The van der Waals surface area contributed by atoms with Crippen LogP contribution in [0.4, 0.5) is 4.39 Å². The second-order valence-corrected chi connectivity index (χ2v) is 10.2. The van der Waals surface area contributed by atoms with Gasteiger partial charge in [-0.25, -0.2) is 9.07 Å². The van der Waals surface area contributed by atoms with E-state index in [0.717, 1.165) is 45.1 Å². The summed E-state index contributed by atoms with van der Waals surface area (Å²) >= 11 is 3.46. The van der Waals surface area contributed by atoms with Crippen LogP contribution in [0.25, 0.3) is 16.9 Å². The number of hydrogen-bond donors (Lipinski definition) is 1. The van der Waals surface area contributed by atoms with Gasteiger partial charge in [0.1, 0.15) is 24.4 Å². The van der Waals surface area contributed by atoms with Crippen molar-refractivity contribution in [3.8, 4) is 16.9 Å². The number of rotatable bonds is 9. The summed E-state index contributed by atoms with van der Waals surface area (Å²) in [6, 6.07) is 14.0. The molecule has 7 nitrogen and oxygen atoms in total. The van der Waals surface area contributed by atoms with Crippen molar-refractivity contribution < 1.29 is 18.7 Å². The molecule has 196 valence electrons. The van der Waals surface area contributed by atoms with Crippen molar-refractivity contribution in [1.82, 2.24) is 20.0 Å². The Morgan fingerprint density at radius 3 is 2.66 bits per heavy atom. The van der Waals surface area contributed by atoms with Crippen LogP contribution < -0.4 is 5.32 Å². The van der Waals surface area contributed by atoms with Crippen LogP contribution >= 0.6 is 15.9 Å². The standard InChI is InChI=1S/C29H28BrFN4O3/c1-32-26-11-2-19(16-21(26)13-15-36)12-14-34-27(37)18-38-29(34)25-17-35(24-9-5-22(30)6-10-24)33-28(25)20-3-7-23(31)8-4-20/h2-10,15-17,26,29,32H,11-14,18H2,1H3. The highest BCUT2D eigenvalue weighted by Crippen LogP contribution is 2.36. The van der Waals surface area contributed by atoms with E-state index in [-0.39, 0.29) is 24.4 Å². The number of aromatic nitrogens is 2. The largest absolute Gasteiger partial charge is 0.344 e. The van der Waals surface area contributed by atoms with Crippen LogP contribution in [0.5, 0.6) is 0 Å². The van der Waals surface area contributed by atoms with E-state index in [1.54, 1.807) is 21.7 Å². The van der Waals surface area contributed by atoms with Gasteiger partial charge in [-0.1, -0.05) is 33.7 Å². The highest BCUT2D eigenvalue weighted by Gasteiger charge is 2.36. The average Bonchev–Trinajstić information content (AvgIpc) is 3.52. The summed E-state index contributed by atoms with van der Waals surface area (Å²) in [7, 11) is 1.89. The molecule has 1 aromatic heterocycles. The van der Waals surface area contributed by atoms with Crippen molar-refractivity contribution in [3.05, 3.63) is 93.9 Å². The Kier molecular flexibility index (Phi) is 7.97. The number of hydrogen-bond acceptors (Lipinski definition) is 5. The number of amides is 1. The minimum atomic E-state index is -0.626. The molecule has 9 heteroatoms. The van der Waals surface area contributed by atoms with Gasteiger partial charge in [0.25, 0.3) is 5.91 Å². The van der Waals surface area contributed by atoms with E-state index in [9.17, 15) is 14.0 Å². The molecule has 2 heterocycles. The quantitative estimate of drug-likeness (QED) is 0.356. The molecular weight excluding hydrogens is 551 g/mol. The first kappa shape index (κ1) is 26.2. The van der Waals surface area contributed by atoms with Crippen LogP contribution in [0.2, 0.25) is 0 Å². The molecule has 1 saturated heterocycles. The van der Waals surface area contributed by atoms with Crippen molar-refractivity contribution >= 4 is 28.1 Å². The van der Waals surface area contributed by atoms with Gasteiger partial charge in [0.05, 0.1) is 5.69 Å². The minimum absolute atomic E-state index is 0.0237. The highest BCUT2D eigenvalue weighted by atomic mass is 79.9. The molecule has 0 spiro atoms. The number of benzene rings is 2. The molecule has 5 rings (SSSR count). The number of carbonyl (C=O) groups excluding carboxylic acids is 2. The fourth-order valence-corrected chi connectivity index (χ4v) is 5.19. The first-order chi connectivity index (χ1) is 18.5. The van der Waals surface area contributed by atoms with Crippen LogP contribution in [0.15, 0.2) is 82.5 Å². The SMILES string of the molecule is CNC1CC=C(CCN2C(=O)COC2c2cn(-c3ccc(Br)cc3)nc2-c2ccc(F)cc2)C=C1CC=O. The Morgan fingerprint density at radius 2 is 1.95 bits per heavy atom. The first-order valence-electron chi connectivity index (χ1n) is 12.5. The third-order valence-corrected chi connectivity index (χ3v) is 7.46. The predicted octanol–water partition coefficient (Wildman–Crippen LogP) is 5.12. The Morgan fingerprint density at radius 1 is 1.18 bits per heavy atom. The Hall–Kier alpha value is -3.40. The zero-order valence-electron chi connectivity index (χ0n) is 20.9. The summed E-state index contributed by atoms with van der Waals surface area (Å²) < 4.78 is 22.4. The maximum Gasteiger partial charge on any atom is 0.250 e. The maximum atomic E-state index is 13.7. The van der Waals surface area contributed by atoms with E-state index in [0.29, 0.717) is 25.1 Å². The van der Waals surface area contributed by atoms with Crippen LogP contribution in [-0.4, -0.2) is 53.1 Å².